The van der Waals surface area contributed by atoms with Crippen LogP contribution in [-0.4, -0.2) is 11.6 Å². The van der Waals surface area contributed by atoms with E-state index >= 15 is 0 Å². The van der Waals surface area contributed by atoms with Crippen LogP contribution in [0.1, 0.15) is 44.1 Å². The van der Waals surface area contributed by atoms with Crippen LogP contribution < -0.4 is 9.57 Å². The predicted octanol–water partition coefficient (Wildman–Crippen LogP) is 1.69. The molecule has 0 aliphatic rings. The Hall–Kier alpha value is -1.50. The Labute approximate surface area is 96.8 Å². The summed E-state index contributed by atoms with van der Waals surface area (Å²) in [5, 5.41) is 8.42. The van der Waals surface area contributed by atoms with E-state index in [2.05, 4.69) is 11.1 Å². The van der Waals surface area contributed by atoms with E-state index in [1.54, 1.807) is 0 Å². The van der Waals surface area contributed by atoms with E-state index in [1.165, 1.54) is 0 Å². The summed E-state index contributed by atoms with van der Waals surface area (Å²) < 4.78 is 1.82. The first-order valence-electron chi connectivity index (χ1n) is 5.88. The topological polar surface area (TPSA) is 52.7 Å². The van der Waals surface area contributed by atoms with Crippen LogP contribution >= 0.6 is 0 Å². The first-order chi connectivity index (χ1) is 7.77. The molecule has 0 fully saturated rings. The Morgan fingerprint density at radius 2 is 2.25 bits per heavy atom. The van der Waals surface area contributed by atoms with Gasteiger partial charge in [-0.25, -0.2) is 4.98 Å². The van der Waals surface area contributed by atoms with Gasteiger partial charge in [0.15, 0.2) is 6.20 Å². The molecule has 0 unspecified atom stereocenters. The molecule has 4 nitrogen and oxygen atoms in total. The summed E-state index contributed by atoms with van der Waals surface area (Å²) in [6.07, 6.45) is 6.78. The van der Waals surface area contributed by atoms with E-state index in [0.717, 1.165) is 37.2 Å². The van der Waals surface area contributed by atoms with E-state index in [1.807, 2.05) is 24.8 Å². The highest BCUT2D eigenvalue weighted by Crippen LogP contribution is 2.03. The molecule has 1 aromatic heterocycles. The van der Waals surface area contributed by atoms with Crippen LogP contribution in [0.3, 0.4) is 0 Å². The van der Waals surface area contributed by atoms with Gasteiger partial charge in [0.25, 0.3) is 5.82 Å². The largest absolute Gasteiger partial charge is 0.336 e. The summed E-state index contributed by atoms with van der Waals surface area (Å²) in [4.78, 5) is 8.76. The van der Waals surface area contributed by atoms with Crippen LogP contribution in [0, 0.1) is 18.3 Å². The minimum atomic E-state index is 0.662. The van der Waals surface area contributed by atoms with Crippen molar-refractivity contribution in [3.63, 3.8) is 0 Å². The number of nitrogens with one attached hydrogen (secondary N) is 1. The van der Waals surface area contributed by atoms with E-state index in [0.29, 0.717) is 13.0 Å². The molecule has 88 valence electrons. The highest BCUT2D eigenvalue weighted by atomic mass is 16.7. The summed E-state index contributed by atoms with van der Waals surface area (Å²) in [6.45, 7) is 4.67. The normalized spacial score (nSPS) is 10.1. The Balaban J connectivity index is 2.37. The standard InChI is InChI=1S/C12H19N3O/c1-3-16-15-10-11(2)14-12(15)8-6-4-5-7-9-13/h10H,3-8H2,1-2H3/p+1. The Morgan fingerprint density at radius 1 is 1.44 bits per heavy atom. The van der Waals surface area contributed by atoms with Crippen molar-refractivity contribution in [2.75, 3.05) is 6.61 Å². The molecule has 0 spiro atoms. The van der Waals surface area contributed by atoms with E-state index in [4.69, 9.17) is 10.1 Å². The Bertz CT molecular complexity index is 352. The molecule has 0 aliphatic carbocycles. The fourth-order valence-electron chi connectivity index (χ4n) is 1.67. The Morgan fingerprint density at radius 3 is 2.94 bits per heavy atom. The van der Waals surface area contributed by atoms with Crippen molar-refractivity contribution >= 4 is 0 Å². The number of nitrogens with zero attached hydrogens (tertiary/aromatic N) is 2. The molecule has 1 N–H and O–H groups in total. The second kappa shape index (κ2) is 6.89. The lowest BCUT2D eigenvalue weighted by molar-refractivity contribution is -0.895. The summed E-state index contributed by atoms with van der Waals surface area (Å²) in [5.41, 5.74) is 1.11. The molecule has 0 aliphatic heterocycles. The van der Waals surface area contributed by atoms with Crippen molar-refractivity contribution in [2.45, 2.75) is 46.0 Å². The van der Waals surface area contributed by atoms with Gasteiger partial charge in [0.1, 0.15) is 12.3 Å². The summed E-state index contributed by atoms with van der Waals surface area (Å²) >= 11 is 0. The lowest BCUT2D eigenvalue weighted by Gasteiger charge is -1.99. The molecule has 1 heterocycles. The van der Waals surface area contributed by atoms with E-state index < -0.39 is 0 Å². The zero-order chi connectivity index (χ0) is 11.8. The van der Waals surface area contributed by atoms with Crippen molar-refractivity contribution in [1.29, 1.82) is 5.26 Å². The molecular weight excluding hydrogens is 202 g/mol. The van der Waals surface area contributed by atoms with Gasteiger partial charge in [0, 0.05) is 13.3 Å². The third-order valence-corrected chi connectivity index (χ3v) is 2.39. The first kappa shape index (κ1) is 12.6. The number of unbranched alkanes of at least 4 members (excludes halogenated alkanes) is 3. The van der Waals surface area contributed by atoms with Gasteiger partial charge in [-0.2, -0.15) is 5.26 Å². The van der Waals surface area contributed by atoms with Crippen molar-refractivity contribution < 1.29 is 9.57 Å². The maximum Gasteiger partial charge on any atom is 0.294 e. The minimum absolute atomic E-state index is 0.662. The number of hydrogen-bond donors (Lipinski definition) is 1. The lowest BCUT2D eigenvalue weighted by atomic mass is 10.1. The number of nitriles is 1. The monoisotopic (exact) mass is 222 g/mol. The molecule has 0 radical (unpaired) electrons. The number of hydrogen-bond acceptors (Lipinski definition) is 2. The van der Waals surface area contributed by atoms with Gasteiger partial charge in [0.05, 0.1) is 12.5 Å². The highest BCUT2D eigenvalue weighted by Gasteiger charge is 2.13. The van der Waals surface area contributed by atoms with Crippen LogP contribution in [0.2, 0.25) is 0 Å². The van der Waals surface area contributed by atoms with E-state index in [9.17, 15) is 0 Å². The number of H-pyrrole nitrogens is 1. The molecular formula is C12H20N3O+. The number of aryl methyl sites for hydroxylation is 2. The summed E-state index contributed by atoms with van der Waals surface area (Å²) in [6, 6.07) is 2.16. The van der Waals surface area contributed by atoms with Gasteiger partial charge in [-0.3, -0.25) is 0 Å². The zero-order valence-electron chi connectivity index (χ0n) is 10.1. The van der Waals surface area contributed by atoms with Crippen molar-refractivity contribution in [2.24, 2.45) is 0 Å². The fraction of sp³-hybridized carbons (Fsp3) is 0.667. The zero-order valence-corrected chi connectivity index (χ0v) is 10.1. The van der Waals surface area contributed by atoms with Crippen LogP contribution in [-0.2, 0) is 6.42 Å². The minimum Gasteiger partial charge on any atom is -0.336 e. The molecule has 1 rings (SSSR count). The van der Waals surface area contributed by atoms with Crippen LogP contribution in [0.15, 0.2) is 6.20 Å². The van der Waals surface area contributed by atoms with Gasteiger partial charge < -0.3 is 4.84 Å². The number of aromatic nitrogens is 2. The maximum atomic E-state index is 8.42. The van der Waals surface area contributed by atoms with Crippen molar-refractivity contribution in [3.05, 3.63) is 17.7 Å². The maximum absolute atomic E-state index is 8.42. The molecule has 0 bridgehead atoms. The van der Waals surface area contributed by atoms with Gasteiger partial charge in [0.2, 0.25) is 0 Å². The number of rotatable bonds is 7. The SMILES string of the molecule is CCO[n+]1cc(C)[nH]c1CCCCCC#N. The molecule has 0 aromatic carbocycles. The number of aromatic amines is 1. The average molecular weight is 222 g/mol. The van der Waals surface area contributed by atoms with Crippen molar-refractivity contribution in [3.8, 4) is 6.07 Å². The smallest absolute Gasteiger partial charge is 0.294 e. The molecule has 16 heavy (non-hydrogen) atoms. The second-order valence-electron chi connectivity index (χ2n) is 3.85. The summed E-state index contributed by atoms with van der Waals surface area (Å²) in [7, 11) is 0. The molecule has 0 saturated carbocycles. The third kappa shape index (κ3) is 3.93. The van der Waals surface area contributed by atoms with Gasteiger partial charge >= 0.3 is 0 Å². The van der Waals surface area contributed by atoms with Gasteiger partial charge in [-0.15, -0.1) is 0 Å². The average Bonchev–Trinajstić information content (AvgIpc) is 2.59. The molecule has 1 aromatic rings. The molecule has 0 atom stereocenters. The quantitative estimate of drug-likeness (QED) is 0.564. The van der Waals surface area contributed by atoms with Crippen LogP contribution in [0.25, 0.3) is 0 Å². The Kier molecular flexibility index (Phi) is 5.41. The van der Waals surface area contributed by atoms with Gasteiger partial charge in [-0.1, -0.05) is 6.42 Å². The molecule has 4 heteroatoms. The number of imidazole rings is 1. The third-order valence-electron chi connectivity index (χ3n) is 2.39. The highest BCUT2D eigenvalue weighted by molar-refractivity contribution is 4.90. The second-order valence-corrected chi connectivity index (χ2v) is 3.85. The van der Waals surface area contributed by atoms with Gasteiger partial charge in [-0.05, 0) is 24.5 Å². The molecule has 0 amide bonds. The fourth-order valence-corrected chi connectivity index (χ4v) is 1.67. The lowest BCUT2D eigenvalue weighted by Crippen LogP contribution is -2.44. The summed E-state index contributed by atoms with van der Waals surface area (Å²) in [5.74, 6) is 1.11. The predicted molar refractivity (Wildman–Crippen MR) is 60.6 cm³/mol. The first-order valence-corrected chi connectivity index (χ1v) is 5.88. The van der Waals surface area contributed by atoms with Crippen LogP contribution in [0.4, 0.5) is 0 Å². The van der Waals surface area contributed by atoms with Crippen LogP contribution in [0.5, 0.6) is 0 Å². The molecule has 0 saturated heterocycles. The van der Waals surface area contributed by atoms with E-state index in [-0.39, 0.29) is 0 Å². The van der Waals surface area contributed by atoms with Crippen molar-refractivity contribution in [1.82, 2.24) is 4.98 Å².